The first-order chi connectivity index (χ1) is 6.84. The van der Waals surface area contributed by atoms with E-state index in [1.165, 1.54) is 0 Å². The largest absolute Gasteiger partial charge is 0.338 e. The highest BCUT2D eigenvalue weighted by atomic mass is 35.8. The molecular weight excluding hydrogens is 271 g/mol. The Kier molecular flexibility index (Phi) is 7.27. The summed E-state index contributed by atoms with van der Waals surface area (Å²) in [6.07, 6.45) is 0.587. The van der Waals surface area contributed by atoms with E-state index in [2.05, 4.69) is 0 Å². The highest BCUT2D eigenvalue weighted by Gasteiger charge is 2.13. The van der Waals surface area contributed by atoms with E-state index in [9.17, 15) is 4.79 Å². The number of carbonyl (C=O) groups excluding carboxylic acids is 1. The van der Waals surface area contributed by atoms with Crippen molar-refractivity contribution in [2.75, 3.05) is 0 Å². The molecule has 0 atom stereocenters. The average molecular weight is 284 g/mol. The number of Topliss-reactive ketones (excluding diaryl/α,β-unsaturated/α-hetero) is 1. The molecule has 1 rings (SSSR count). The first-order valence-corrected chi connectivity index (χ1v) is 10.0. The number of ketones is 1. The van der Waals surface area contributed by atoms with Gasteiger partial charge in [-0.2, -0.15) is 0 Å². The van der Waals surface area contributed by atoms with Gasteiger partial charge in [-0.25, -0.2) is 0 Å². The quantitative estimate of drug-likeness (QED) is 0.442. The number of carbonyl (C=O) groups is 1. The fourth-order valence-electron chi connectivity index (χ4n) is 0.828. The Morgan fingerprint density at radius 2 is 1.60 bits per heavy atom. The second-order valence-electron chi connectivity index (χ2n) is 2.92. The zero-order valence-corrected chi connectivity index (χ0v) is 11.9. The molecule has 0 saturated heterocycles. The van der Waals surface area contributed by atoms with E-state index in [-0.39, 0.29) is 5.78 Å². The molecule has 1 nitrogen and oxygen atoms in total. The molecule has 0 aliphatic heterocycles. The van der Waals surface area contributed by atoms with Crippen molar-refractivity contribution >= 4 is 45.0 Å². The lowest BCUT2D eigenvalue weighted by molar-refractivity contribution is 0.0988. The molecule has 5 heteroatoms. The van der Waals surface area contributed by atoms with Crippen molar-refractivity contribution in [3.8, 4) is 0 Å². The molecule has 0 aliphatic rings. The second kappa shape index (κ2) is 7.28. The molecule has 0 heterocycles. The summed E-state index contributed by atoms with van der Waals surface area (Å²) in [4.78, 5) is 11.0. The van der Waals surface area contributed by atoms with Crippen molar-refractivity contribution < 1.29 is 4.79 Å². The Labute approximate surface area is 105 Å². The molecule has 0 amide bonds. The van der Waals surface area contributed by atoms with Gasteiger partial charge in [0.2, 0.25) is 0 Å². The van der Waals surface area contributed by atoms with Gasteiger partial charge in [0.05, 0.1) is 0 Å². The minimum absolute atomic E-state index is 0.209. The van der Waals surface area contributed by atoms with Crippen LogP contribution in [0.1, 0.15) is 23.7 Å². The lowest BCUT2D eigenvalue weighted by atomic mass is 10.1. The summed E-state index contributed by atoms with van der Waals surface area (Å²) in [6, 6.07) is 7.15. The molecular formula is C10H13Cl3OSi. The van der Waals surface area contributed by atoms with Crippen LogP contribution in [0, 0.1) is 0 Å². The lowest BCUT2D eigenvalue weighted by Gasteiger charge is -1.93. The van der Waals surface area contributed by atoms with Crippen molar-refractivity contribution in [1.82, 2.24) is 0 Å². The van der Waals surface area contributed by atoms with Crippen LogP contribution in [0.5, 0.6) is 0 Å². The number of benzene rings is 1. The molecule has 0 unspecified atom stereocenters. The van der Waals surface area contributed by atoms with Gasteiger partial charge in [-0.15, -0.1) is 33.2 Å². The summed E-state index contributed by atoms with van der Waals surface area (Å²) in [7, 11) is 0. The highest BCUT2D eigenvalue weighted by molar-refractivity contribution is 7.64. The number of rotatable bonds is 2. The third-order valence-electron chi connectivity index (χ3n) is 1.42. The Bertz CT molecular complexity index is 289. The van der Waals surface area contributed by atoms with Gasteiger partial charge in [-0.3, -0.25) is 4.79 Å². The number of hydrogen-bond donors (Lipinski definition) is 0. The van der Waals surface area contributed by atoms with E-state index < -0.39 is 6.00 Å². The van der Waals surface area contributed by atoms with Crippen LogP contribution in [0.3, 0.4) is 0 Å². The van der Waals surface area contributed by atoms with Gasteiger partial charge in [0.15, 0.2) is 5.78 Å². The van der Waals surface area contributed by atoms with Crippen LogP contribution in [-0.2, 0) is 0 Å². The maximum atomic E-state index is 11.0. The minimum atomic E-state index is -2.19. The van der Waals surface area contributed by atoms with E-state index in [1.54, 1.807) is 6.55 Å². The fourth-order valence-corrected chi connectivity index (χ4v) is 0.828. The molecule has 0 fully saturated rings. The Hall–Kier alpha value is -0.0231. The van der Waals surface area contributed by atoms with E-state index in [1.807, 2.05) is 37.3 Å². The zero-order chi connectivity index (χ0) is 11.9. The van der Waals surface area contributed by atoms with Gasteiger partial charge in [0.1, 0.15) is 0 Å². The van der Waals surface area contributed by atoms with Crippen LogP contribution < -0.4 is 0 Å². The van der Waals surface area contributed by atoms with Crippen LogP contribution in [0.4, 0.5) is 0 Å². The number of hydrogen-bond acceptors (Lipinski definition) is 1. The molecule has 0 bridgehead atoms. The van der Waals surface area contributed by atoms with Gasteiger partial charge in [-0.1, -0.05) is 37.3 Å². The third kappa shape index (κ3) is 10.3. The summed E-state index contributed by atoms with van der Waals surface area (Å²) in [5, 5.41) is 0. The molecule has 15 heavy (non-hydrogen) atoms. The lowest BCUT2D eigenvalue weighted by Crippen LogP contribution is -1.97. The van der Waals surface area contributed by atoms with E-state index >= 15 is 0 Å². The molecule has 84 valence electrons. The second-order valence-corrected chi connectivity index (χ2v) is 13.0. The van der Waals surface area contributed by atoms with Crippen molar-refractivity contribution in [3.63, 3.8) is 0 Å². The highest BCUT2D eigenvalue weighted by Crippen LogP contribution is 2.17. The van der Waals surface area contributed by atoms with E-state index in [0.29, 0.717) is 6.42 Å². The van der Waals surface area contributed by atoms with Crippen molar-refractivity contribution in [3.05, 3.63) is 35.9 Å². The predicted molar refractivity (Wildman–Crippen MR) is 70.2 cm³/mol. The molecule has 1 aromatic rings. The van der Waals surface area contributed by atoms with Gasteiger partial charge in [0.25, 0.3) is 0 Å². The number of halogens is 3. The molecule has 0 N–H and O–H groups in total. The normalized spacial score (nSPS) is 10.2. The summed E-state index contributed by atoms with van der Waals surface area (Å²) in [5.74, 6) is 0.209. The fraction of sp³-hybridized carbons (Fsp3) is 0.300. The third-order valence-corrected chi connectivity index (χ3v) is 1.42. The standard InChI is InChI=1S/C9H10O.CH3Cl3Si/c1-2-9(10)8-6-4-3-5-7-8;1-5(2,3)4/h3-7H,2H2,1H3;1H3. The van der Waals surface area contributed by atoms with E-state index in [0.717, 1.165) is 5.56 Å². The molecule has 0 radical (unpaired) electrons. The maximum absolute atomic E-state index is 11.0. The van der Waals surface area contributed by atoms with Gasteiger partial charge < -0.3 is 0 Å². The molecule has 0 aliphatic carbocycles. The van der Waals surface area contributed by atoms with E-state index in [4.69, 9.17) is 33.2 Å². The molecule has 0 aromatic heterocycles. The maximum Gasteiger partial charge on any atom is 0.338 e. The SMILES string of the molecule is CCC(=O)c1ccccc1.C[Si](Cl)(Cl)Cl. The summed E-state index contributed by atoms with van der Waals surface area (Å²) in [5.41, 5.74) is 0.810. The summed E-state index contributed by atoms with van der Waals surface area (Å²) >= 11 is 15.6. The average Bonchev–Trinajstić information content (AvgIpc) is 2.15. The van der Waals surface area contributed by atoms with Crippen molar-refractivity contribution in [2.45, 2.75) is 19.9 Å². The molecule has 0 saturated carbocycles. The summed E-state index contributed by atoms with van der Waals surface area (Å²) in [6.45, 7) is 3.49. The van der Waals surface area contributed by atoms with Crippen molar-refractivity contribution in [2.24, 2.45) is 0 Å². The smallest absolute Gasteiger partial charge is 0.294 e. The summed E-state index contributed by atoms with van der Waals surface area (Å²) < 4.78 is 0. The Morgan fingerprint density at radius 1 is 1.20 bits per heavy atom. The first-order valence-electron chi connectivity index (χ1n) is 4.49. The van der Waals surface area contributed by atoms with Crippen LogP contribution in [-0.4, -0.2) is 11.8 Å². The zero-order valence-electron chi connectivity index (χ0n) is 8.64. The molecule has 0 spiro atoms. The Balaban J connectivity index is 0.000000336. The predicted octanol–water partition coefficient (Wildman–Crippen LogP) is 4.55. The minimum Gasteiger partial charge on any atom is -0.294 e. The van der Waals surface area contributed by atoms with Crippen LogP contribution in [0.15, 0.2) is 30.3 Å². The first kappa shape index (κ1) is 15.0. The molecule has 1 aromatic carbocycles. The van der Waals surface area contributed by atoms with Crippen LogP contribution >= 0.6 is 33.2 Å². The van der Waals surface area contributed by atoms with Gasteiger partial charge in [-0.05, 0) is 6.55 Å². The topological polar surface area (TPSA) is 17.1 Å². The van der Waals surface area contributed by atoms with Crippen molar-refractivity contribution in [1.29, 1.82) is 0 Å². The monoisotopic (exact) mass is 282 g/mol. The van der Waals surface area contributed by atoms with Gasteiger partial charge >= 0.3 is 6.00 Å². The van der Waals surface area contributed by atoms with Crippen LogP contribution in [0.25, 0.3) is 0 Å². The van der Waals surface area contributed by atoms with Crippen LogP contribution in [0.2, 0.25) is 6.55 Å². The Morgan fingerprint density at radius 3 is 1.93 bits per heavy atom. The van der Waals surface area contributed by atoms with Gasteiger partial charge in [0, 0.05) is 12.0 Å².